The second-order valence-corrected chi connectivity index (χ2v) is 6.62. The van der Waals surface area contributed by atoms with E-state index in [0.717, 1.165) is 23.5 Å². The lowest BCUT2D eigenvalue weighted by molar-refractivity contribution is 0.280. The van der Waals surface area contributed by atoms with Crippen LogP contribution in [0.1, 0.15) is 46.5 Å². The number of aliphatic hydroxyl groups excluding tert-OH is 1. The van der Waals surface area contributed by atoms with Crippen LogP contribution in [0.3, 0.4) is 0 Å². The van der Waals surface area contributed by atoms with Crippen LogP contribution in [-0.2, 0) is 6.54 Å². The summed E-state index contributed by atoms with van der Waals surface area (Å²) in [7, 11) is 0. The molecular formula is C17H26Cl2N2O. The summed E-state index contributed by atoms with van der Waals surface area (Å²) in [5, 5.41) is 9.79. The van der Waals surface area contributed by atoms with Crippen molar-refractivity contribution in [1.29, 1.82) is 0 Å². The molecule has 0 fully saturated rings. The number of fused-ring (bicyclic) bond motifs is 1. The van der Waals surface area contributed by atoms with Crippen molar-refractivity contribution in [3.05, 3.63) is 28.5 Å². The summed E-state index contributed by atoms with van der Waals surface area (Å²) < 4.78 is 1.95. The largest absolute Gasteiger partial charge is 0.396 e. The van der Waals surface area contributed by atoms with E-state index in [9.17, 15) is 0 Å². The highest BCUT2D eigenvalue weighted by Gasteiger charge is 2.06. The van der Waals surface area contributed by atoms with Crippen molar-refractivity contribution in [2.75, 3.05) is 6.61 Å². The summed E-state index contributed by atoms with van der Waals surface area (Å²) >= 11 is 11.8. The molecule has 0 unspecified atom stereocenters. The van der Waals surface area contributed by atoms with E-state index in [-0.39, 0.29) is 6.61 Å². The van der Waals surface area contributed by atoms with Crippen LogP contribution in [0.15, 0.2) is 18.5 Å². The number of benzene rings is 1. The van der Waals surface area contributed by atoms with Crippen LogP contribution in [0.2, 0.25) is 10.0 Å². The number of hydrogen-bond donors (Lipinski definition) is 1. The van der Waals surface area contributed by atoms with E-state index >= 15 is 0 Å². The van der Waals surface area contributed by atoms with Gasteiger partial charge in [0, 0.05) is 13.2 Å². The molecule has 0 aliphatic rings. The van der Waals surface area contributed by atoms with Gasteiger partial charge in [0.25, 0.3) is 0 Å². The van der Waals surface area contributed by atoms with E-state index in [1.165, 1.54) is 19.3 Å². The minimum atomic E-state index is 0.168. The molecular weight excluding hydrogens is 319 g/mol. The minimum absolute atomic E-state index is 0.168. The molecule has 1 aromatic heterocycles. The van der Waals surface area contributed by atoms with E-state index in [0.29, 0.717) is 16.5 Å². The first kappa shape index (κ1) is 19.3. The lowest BCUT2D eigenvalue weighted by Gasteiger charge is -2.03. The molecule has 22 heavy (non-hydrogen) atoms. The zero-order chi connectivity index (χ0) is 16.5. The Morgan fingerprint density at radius 2 is 1.86 bits per heavy atom. The SMILES string of the molecule is CCCCC(C)C.OCCCn1cnc2cc(Cl)c(Cl)cc21. The average Bonchev–Trinajstić information content (AvgIpc) is 2.86. The number of aromatic nitrogens is 2. The Labute approximate surface area is 143 Å². The van der Waals surface area contributed by atoms with Crippen molar-refractivity contribution < 1.29 is 5.11 Å². The maximum Gasteiger partial charge on any atom is 0.0958 e. The minimum Gasteiger partial charge on any atom is -0.396 e. The predicted molar refractivity (Wildman–Crippen MR) is 95.8 cm³/mol. The molecule has 5 heteroatoms. The highest BCUT2D eigenvalue weighted by atomic mass is 35.5. The van der Waals surface area contributed by atoms with Crippen molar-refractivity contribution in [3.63, 3.8) is 0 Å². The van der Waals surface area contributed by atoms with Crippen LogP contribution >= 0.6 is 23.2 Å². The average molecular weight is 345 g/mol. The number of halogens is 2. The zero-order valence-corrected chi connectivity index (χ0v) is 15.2. The molecule has 0 radical (unpaired) electrons. The maximum atomic E-state index is 8.75. The first-order valence-electron chi connectivity index (χ1n) is 7.90. The van der Waals surface area contributed by atoms with Crippen molar-refractivity contribution in [3.8, 4) is 0 Å². The molecule has 2 rings (SSSR count). The highest BCUT2D eigenvalue weighted by molar-refractivity contribution is 6.42. The fraction of sp³-hybridized carbons (Fsp3) is 0.588. The van der Waals surface area contributed by atoms with Crippen LogP contribution in [-0.4, -0.2) is 21.3 Å². The van der Waals surface area contributed by atoms with Gasteiger partial charge in [-0.15, -0.1) is 0 Å². The third-order valence-corrected chi connectivity index (χ3v) is 4.08. The monoisotopic (exact) mass is 344 g/mol. The number of rotatable bonds is 6. The summed E-state index contributed by atoms with van der Waals surface area (Å²) in [6.07, 6.45) is 6.57. The Bertz CT molecular complexity index is 567. The Morgan fingerprint density at radius 1 is 1.18 bits per heavy atom. The van der Waals surface area contributed by atoms with E-state index in [4.69, 9.17) is 28.3 Å². The first-order valence-corrected chi connectivity index (χ1v) is 8.65. The molecule has 124 valence electrons. The number of aliphatic hydroxyl groups is 1. The summed E-state index contributed by atoms with van der Waals surface area (Å²) in [6, 6.07) is 3.54. The fourth-order valence-electron chi connectivity index (χ4n) is 2.08. The number of nitrogens with zero attached hydrogens (tertiary/aromatic N) is 2. The quantitative estimate of drug-likeness (QED) is 0.744. The lowest BCUT2D eigenvalue weighted by Crippen LogP contribution is -1.98. The fourth-order valence-corrected chi connectivity index (χ4v) is 2.40. The van der Waals surface area contributed by atoms with E-state index in [2.05, 4.69) is 25.8 Å². The number of unbranched alkanes of at least 4 members (excludes halogenated alkanes) is 1. The van der Waals surface area contributed by atoms with Gasteiger partial charge in [0.2, 0.25) is 0 Å². The molecule has 1 aromatic carbocycles. The predicted octanol–water partition coefficient (Wildman–Crippen LogP) is 5.56. The second kappa shape index (κ2) is 10.1. The van der Waals surface area contributed by atoms with Gasteiger partial charge in [0.05, 0.1) is 27.4 Å². The van der Waals surface area contributed by atoms with Crippen molar-refractivity contribution in [1.82, 2.24) is 9.55 Å². The van der Waals surface area contributed by atoms with Crippen LogP contribution in [0.5, 0.6) is 0 Å². The van der Waals surface area contributed by atoms with Gasteiger partial charge in [0.15, 0.2) is 0 Å². The molecule has 1 N–H and O–H groups in total. The summed E-state index contributed by atoms with van der Waals surface area (Å²) in [5.74, 6) is 0.903. The molecule has 0 saturated carbocycles. The molecule has 0 aliphatic heterocycles. The summed E-state index contributed by atoms with van der Waals surface area (Å²) in [6.45, 7) is 7.68. The third-order valence-electron chi connectivity index (χ3n) is 3.36. The third kappa shape index (κ3) is 6.15. The Morgan fingerprint density at radius 3 is 2.41 bits per heavy atom. The molecule has 0 saturated heterocycles. The van der Waals surface area contributed by atoms with Gasteiger partial charge in [-0.3, -0.25) is 0 Å². The Kier molecular flexibility index (Phi) is 8.84. The molecule has 0 spiro atoms. The van der Waals surface area contributed by atoms with Gasteiger partial charge in [0.1, 0.15) is 0 Å². The van der Waals surface area contributed by atoms with Crippen LogP contribution in [0.4, 0.5) is 0 Å². The molecule has 1 heterocycles. The van der Waals surface area contributed by atoms with E-state index < -0.39 is 0 Å². The maximum absolute atomic E-state index is 8.75. The molecule has 0 atom stereocenters. The van der Waals surface area contributed by atoms with Crippen molar-refractivity contribution in [2.24, 2.45) is 5.92 Å². The number of hydrogen-bond acceptors (Lipinski definition) is 2. The summed E-state index contributed by atoms with van der Waals surface area (Å²) in [5.41, 5.74) is 1.76. The molecule has 0 bridgehead atoms. The Hall–Kier alpha value is -0.770. The normalized spacial score (nSPS) is 10.9. The van der Waals surface area contributed by atoms with Crippen LogP contribution < -0.4 is 0 Å². The Balaban J connectivity index is 0.000000295. The highest BCUT2D eigenvalue weighted by Crippen LogP contribution is 2.27. The van der Waals surface area contributed by atoms with E-state index in [1.54, 1.807) is 18.5 Å². The van der Waals surface area contributed by atoms with Crippen LogP contribution in [0.25, 0.3) is 11.0 Å². The van der Waals surface area contributed by atoms with Crippen LogP contribution in [0, 0.1) is 5.92 Å². The zero-order valence-electron chi connectivity index (χ0n) is 13.6. The molecule has 0 aliphatic carbocycles. The summed E-state index contributed by atoms with van der Waals surface area (Å²) in [4.78, 5) is 4.21. The first-order chi connectivity index (χ1) is 10.5. The van der Waals surface area contributed by atoms with Crippen molar-refractivity contribution >= 4 is 34.2 Å². The molecule has 0 amide bonds. The van der Waals surface area contributed by atoms with Crippen molar-refractivity contribution in [2.45, 2.75) is 53.0 Å². The van der Waals surface area contributed by atoms with Gasteiger partial charge < -0.3 is 9.67 Å². The van der Waals surface area contributed by atoms with Gasteiger partial charge in [-0.1, -0.05) is 63.2 Å². The standard InChI is InChI=1S/C10H10Cl2N2O.C7H16/c11-7-4-9-10(5-8(7)12)14(6-13-9)2-1-3-15;1-4-5-6-7(2)3/h4-6,15H,1-3H2;7H,4-6H2,1-3H3. The number of imidazole rings is 1. The second-order valence-electron chi connectivity index (χ2n) is 5.81. The van der Waals surface area contributed by atoms with Gasteiger partial charge in [-0.05, 0) is 24.5 Å². The lowest BCUT2D eigenvalue weighted by atomic mass is 10.1. The topological polar surface area (TPSA) is 38.0 Å². The molecule has 3 nitrogen and oxygen atoms in total. The molecule has 2 aromatic rings. The van der Waals surface area contributed by atoms with E-state index in [1.807, 2.05) is 4.57 Å². The van der Waals surface area contributed by atoms with Gasteiger partial charge >= 0.3 is 0 Å². The number of aryl methyl sites for hydroxylation is 1. The van der Waals surface area contributed by atoms with Gasteiger partial charge in [-0.25, -0.2) is 4.98 Å². The smallest absolute Gasteiger partial charge is 0.0958 e. The van der Waals surface area contributed by atoms with Gasteiger partial charge in [-0.2, -0.15) is 0 Å².